The van der Waals surface area contributed by atoms with E-state index >= 15 is 0 Å². The molecule has 0 amide bonds. The summed E-state index contributed by atoms with van der Waals surface area (Å²) < 4.78 is 29.0. The van der Waals surface area contributed by atoms with Crippen LogP contribution < -0.4 is 10.5 Å². The fourth-order valence-electron chi connectivity index (χ4n) is 1.84. The maximum atomic E-state index is 12.4. The average molecular weight is 434 g/mol. The molecule has 0 aliphatic heterocycles. The van der Waals surface area contributed by atoms with Crippen LogP contribution in [0.4, 0.5) is 5.69 Å². The Morgan fingerprint density at radius 3 is 2.33 bits per heavy atom. The Hall–Kier alpha value is -0.890. The highest BCUT2D eigenvalue weighted by Crippen LogP contribution is 2.26. The first-order chi connectivity index (χ1) is 9.79. The molecule has 0 spiro atoms. The monoisotopic (exact) mass is 432 g/mol. The Morgan fingerprint density at radius 2 is 1.71 bits per heavy atom. The van der Waals surface area contributed by atoms with Crippen molar-refractivity contribution < 1.29 is 8.42 Å². The van der Waals surface area contributed by atoms with Gasteiger partial charge in [-0.2, -0.15) is 0 Å². The molecule has 4 nitrogen and oxygen atoms in total. The van der Waals surface area contributed by atoms with Crippen LogP contribution in [0.2, 0.25) is 0 Å². The average Bonchev–Trinajstić information content (AvgIpc) is 2.41. The van der Waals surface area contributed by atoms with E-state index < -0.39 is 10.0 Å². The van der Waals surface area contributed by atoms with Crippen LogP contribution in [0.3, 0.4) is 0 Å². The normalized spacial score (nSPS) is 13.1. The molecule has 2 rings (SSSR count). The highest BCUT2D eigenvalue weighted by molar-refractivity contribution is 9.10. The molecule has 21 heavy (non-hydrogen) atoms. The summed E-state index contributed by atoms with van der Waals surface area (Å²) in [5, 5.41) is 0. The minimum atomic E-state index is -3.66. The third kappa shape index (κ3) is 4.06. The Bertz CT molecular complexity index is 746. The van der Waals surface area contributed by atoms with Crippen molar-refractivity contribution in [1.29, 1.82) is 0 Å². The number of nitrogens with two attached hydrogens (primary N) is 1. The number of anilines is 1. The van der Waals surface area contributed by atoms with Gasteiger partial charge in [-0.15, -0.1) is 0 Å². The number of hydrogen-bond acceptors (Lipinski definition) is 3. The predicted molar refractivity (Wildman–Crippen MR) is 91.4 cm³/mol. The summed E-state index contributed by atoms with van der Waals surface area (Å²) in [6.07, 6.45) is 0. The van der Waals surface area contributed by atoms with Gasteiger partial charge >= 0.3 is 0 Å². The van der Waals surface area contributed by atoms with Gasteiger partial charge < -0.3 is 5.73 Å². The van der Waals surface area contributed by atoms with Crippen LogP contribution >= 0.6 is 31.9 Å². The molecule has 1 unspecified atom stereocenters. The SMILES string of the molecule is CC(NS(=O)(=O)c1cc(N)ccc1Br)c1ccc(Br)cc1. The van der Waals surface area contributed by atoms with E-state index in [9.17, 15) is 8.42 Å². The topological polar surface area (TPSA) is 72.2 Å². The molecule has 0 aromatic heterocycles. The molecule has 1 atom stereocenters. The second-order valence-corrected chi connectivity index (χ2v) is 8.04. The van der Waals surface area contributed by atoms with Crippen molar-refractivity contribution in [3.8, 4) is 0 Å². The van der Waals surface area contributed by atoms with Gasteiger partial charge in [-0.1, -0.05) is 28.1 Å². The van der Waals surface area contributed by atoms with Crippen LogP contribution in [-0.4, -0.2) is 8.42 Å². The largest absolute Gasteiger partial charge is 0.399 e. The number of nitrogens with one attached hydrogen (secondary N) is 1. The molecular weight excluding hydrogens is 420 g/mol. The van der Waals surface area contributed by atoms with E-state index in [0.717, 1.165) is 10.0 Å². The van der Waals surface area contributed by atoms with Gasteiger partial charge in [-0.25, -0.2) is 13.1 Å². The lowest BCUT2D eigenvalue weighted by atomic mass is 10.1. The number of sulfonamides is 1. The maximum Gasteiger partial charge on any atom is 0.242 e. The first kappa shape index (κ1) is 16.5. The molecule has 2 aromatic rings. The smallest absolute Gasteiger partial charge is 0.242 e. The third-order valence-electron chi connectivity index (χ3n) is 2.95. The molecular formula is C14H14Br2N2O2S. The van der Waals surface area contributed by atoms with Crippen LogP contribution in [0.1, 0.15) is 18.5 Å². The van der Waals surface area contributed by atoms with Gasteiger partial charge in [0.25, 0.3) is 0 Å². The lowest BCUT2D eigenvalue weighted by molar-refractivity contribution is 0.566. The van der Waals surface area contributed by atoms with Crippen molar-refractivity contribution >= 4 is 47.6 Å². The molecule has 0 aliphatic rings. The van der Waals surface area contributed by atoms with E-state index in [1.165, 1.54) is 6.07 Å². The van der Waals surface area contributed by atoms with E-state index in [4.69, 9.17) is 5.73 Å². The number of rotatable bonds is 4. The second kappa shape index (κ2) is 6.48. The molecule has 0 heterocycles. The zero-order valence-electron chi connectivity index (χ0n) is 11.2. The zero-order chi connectivity index (χ0) is 15.6. The molecule has 3 N–H and O–H groups in total. The van der Waals surface area contributed by atoms with Gasteiger partial charge in [0.1, 0.15) is 0 Å². The van der Waals surface area contributed by atoms with Crippen molar-refractivity contribution in [2.24, 2.45) is 0 Å². The minimum absolute atomic E-state index is 0.131. The number of hydrogen-bond donors (Lipinski definition) is 2. The molecule has 0 bridgehead atoms. The molecule has 0 fully saturated rings. The Labute approximate surface area is 141 Å². The summed E-state index contributed by atoms with van der Waals surface area (Å²) in [5.74, 6) is 0. The number of nitrogen functional groups attached to an aromatic ring is 1. The highest BCUT2D eigenvalue weighted by Gasteiger charge is 2.21. The van der Waals surface area contributed by atoms with Crippen molar-refractivity contribution in [3.05, 3.63) is 57.0 Å². The Kier molecular flexibility index (Phi) is 5.08. The van der Waals surface area contributed by atoms with Gasteiger partial charge in [-0.05, 0) is 58.7 Å². The Balaban J connectivity index is 2.28. The fraction of sp³-hybridized carbons (Fsp3) is 0.143. The first-order valence-electron chi connectivity index (χ1n) is 6.12. The Morgan fingerprint density at radius 1 is 1.10 bits per heavy atom. The summed E-state index contributed by atoms with van der Waals surface area (Å²) in [6.45, 7) is 1.79. The van der Waals surface area contributed by atoms with E-state index in [-0.39, 0.29) is 10.9 Å². The lowest BCUT2D eigenvalue weighted by Gasteiger charge is -2.16. The third-order valence-corrected chi connectivity index (χ3v) is 6.01. The van der Waals surface area contributed by atoms with Crippen molar-refractivity contribution in [3.63, 3.8) is 0 Å². The summed E-state index contributed by atoms with van der Waals surface area (Å²) >= 11 is 6.59. The summed E-state index contributed by atoms with van der Waals surface area (Å²) in [5.41, 5.74) is 6.94. The van der Waals surface area contributed by atoms with E-state index in [1.807, 2.05) is 24.3 Å². The van der Waals surface area contributed by atoms with Gasteiger partial charge in [-0.3, -0.25) is 0 Å². The number of halogens is 2. The summed E-state index contributed by atoms with van der Waals surface area (Å²) in [7, 11) is -3.66. The van der Waals surface area contributed by atoms with Gasteiger partial charge in [0.05, 0.1) is 4.90 Å². The van der Waals surface area contributed by atoms with Crippen LogP contribution in [-0.2, 0) is 10.0 Å². The van der Waals surface area contributed by atoms with Crippen LogP contribution in [0, 0.1) is 0 Å². The zero-order valence-corrected chi connectivity index (χ0v) is 15.2. The number of benzene rings is 2. The second-order valence-electron chi connectivity index (χ2n) is 4.58. The summed E-state index contributed by atoms with van der Waals surface area (Å²) in [4.78, 5) is 0.131. The fourth-order valence-corrected chi connectivity index (χ4v) is 4.34. The van der Waals surface area contributed by atoms with Gasteiger partial charge in [0, 0.05) is 20.7 Å². The lowest BCUT2D eigenvalue weighted by Crippen LogP contribution is -2.27. The van der Waals surface area contributed by atoms with E-state index in [0.29, 0.717) is 10.2 Å². The predicted octanol–water partition coefficient (Wildman–Crippen LogP) is 3.83. The molecule has 0 saturated carbocycles. The van der Waals surface area contributed by atoms with Crippen molar-refractivity contribution in [1.82, 2.24) is 4.72 Å². The van der Waals surface area contributed by atoms with E-state index in [1.54, 1.807) is 19.1 Å². The van der Waals surface area contributed by atoms with Crippen molar-refractivity contribution in [2.75, 3.05) is 5.73 Å². The molecule has 0 saturated heterocycles. The van der Waals surface area contributed by atoms with Gasteiger partial charge in [0.2, 0.25) is 10.0 Å². The van der Waals surface area contributed by atoms with Crippen LogP contribution in [0.5, 0.6) is 0 Å². The molecule has 2 aromatic carbocycles. The van der Waals surface area contributed by atoms with Crippen LogP contribution in [0.25, 0.3) is 0 Å². The minimum Gasteiger partial charge on any atom is -0.399 e. The molecule has 0 radical (unpaired) electrons. The highest BCUT2D eigenvalue weighted by atomic mass is 79.9. The molecule has 0 aliphatic carbocycles. The standard InChI is InChI=1S/C14H14Br2N2O2S/c1-9(10-2-4-11(15)5-3-10)18-21(19,20)14-8-12(17)6-7-13(14)16/h2-9,18H,17H2,1H3. The quantitative estimate of drug-likeness (QED) is 0.719. The summed E-state index contributed by atoms with van der Waals surface area (Å²) in [6, 6.07) is 11.8. The van der Waals surface area contributed by atoms with E-state index in [2.05, 4.69) is 36.6 Å². The molecule has 112 valence electrons. The first-order valence-corrected chi connectivity index (χ1v) is 9.19. The van der Waals surface area contributed by atoms with Crippen molar-refractivity contribution in [2.45, 2.75) is 17.9 Å². The van der Waals surface area contributed by atoms with Crippen LogP contribution in [0.15, 0.2) is 56.3 Å². The molecule has 7 heteroatoms. The van der Waals surface area contributed by atoms with Gasteiger partial charge in [0.15, 0.2) is 0 Å². The maximum absolute atomic E-state index is 12.4.